The van der Waals surface area contributed by atoms with Crippen LogP contribution in [0, 0.1) is 11.3 Å². The normalized spacial score (nSPS) is 11.6. The minimum Gasteiger partial charge on any atom is -0.399 e. The Bertz CT molecular complexity index is 407. The van der Waals surface area contributed by atoms with Gasteiger partial charge in [-0.1, -0.05) is 39.8 Å². The molecule has 0 bridgehead atoms. The summed E-state index contributed by atoms with van der Waals surface area (Å²) < 4.78 is 0. The largest absolute Gasteiger partial charge is 0.399 e. The van der Waals surface area contributed by atoms with Gasteiger partial charge in [-0.05, 0) is 35.4 Å². The number of rotatable bonds is 6. The van der Waals surface area contributed by atoms with Gasteiger partial charge < -0.3 is 11.1 Å². The minimum absolute atomic E-state index is 0.116. The average Bonchev–Trinajstić information content (AvgIpc) is 2.35. The summed E-state index contributed by atoms with van der Waals surface area (Å²) in [5.41, 5.74) is 7.67. The second-order valence-corrected chi connectivity index (χ2v) is 6.16. The molecule has 1 amide bonds. The van der Waals surface area contributed by atoms with Crippen LogP contribution in [0.4, 0.5) is 5.69 Å². The molecule has 0 atom stereocenters. The lowest BCUT2D eigenvalue weighted by Crippen LogP contribution is -2.37. The van der Waals surface area contributed by atoms with Crippen molar-refractivity contribution in [1.29, 1.82) is 0 Å². The van der Waals surface area contributed by atoms with Crippen LogP contribution in [0.5, 0.6) is 0 Å². The maximum absolute atomic E-state index is 11.8. The second-order valence-electron chi connectivity index (χ2n) is 6.16. The first-order valence-corrected chi connectivity index (χ1v) is 6.92. The topological polar surface area (TPSA) is 55.1 Å². The van der Waals surface area contributed by atoms with E-state index < -0.39 is 0 Å². The molecule has 0 aromatic heterocycles. The Morgan fingerprint density at radius 1 is 1.26 bits per heavy atom. The highest BCUT2D eigenvalue weighted by Gasteiger charge is 2.22. The molecule has 3 N–H and O–H groups in total. The summed E-state index contributed by atoms with van der Waals surface area (Å²) in [6.07, 6.45) is 1.28. The van der Waals surface area contributed by atoms with E-state index in [4.69, 9.17) is 5.73 Å². The van der Waals surface area contributed by atoms with Crippen LogP contribution < -0.4 is 11.1 Å². The molecule has 0 fully saturated rings. The molecule has 0 saturated carbocycles. The van der Waals surface area contributed by atoms with Crippen molar-refractivity contribution in [3.63, 3.8) is 0 Å². The molecule has 0 saturated heterocycles. The van der Waals surface area contributed by atoms with Crippen molar-refractivity contribution in [2.45, 2.75) is 40.5 Å². The Balaban J connectivity index is 2.34. The lowest BCUT2D eigenvalue weighted by atomic mass is 9.81. The number of nitrogens with two attached hydrogens (primary N) is 1. The van der Waals surface area contributed by atoms with Gasteiger partial charge in [0.25, 0.3) is 0 Å². The van der Waals surface area contributed by atoms with Crippen molar-refractivity contribution in [2.24, 2.45) is 11.3 Å². The van der Waals surface area contributed by atoms with Crippen LogP contribution in [-0.2, 0) is 11.2 Å². The highest BCUT2D eigenvalue weighted by Crippen LogP contribution is 2.24. The van der Waals surface area contributed by atoms with Crippen LogP contribution in [0.2, 0.25) is 0 Å². The highest BCUT2D eigenvalue weighted by molar-refractivity contribution is 5.76. The Kier molecular flexibility index (Phi) is 5.40. The summed E-state index contributed by atoms with van der Waals surface area (Å²) in [7, 11) is 0. The molecule has 0 spiro atoms. The molecule has 1 aromatic carbocycles. The second kappa shape index (κ2) is 6.60. The standard InChI is InChI=1S/C16H26N2O/c1-12(2)16(3,4)11-18-15(19)10-7-13-5-8-14(17)9-6-13/h5-6,8-9,12H,7,10-11,17H2,1-4H3,(H,18,19). The molecule has 19 heavy (non-hydrogen) atoms. The number of anilines is 1. The summed E-state index contributed by atoms with van der Waals surface area (Å²) in [6, 6.07) is 7.69. The number of carbonyl (C=O) groups excluding carboxylic acids is 1. The van der Waals surface area contributed by atoms with Crippen LogP contribution in [-0.4, -0.2) is 12.5 Å². The zero-order chi connectivity index (χ0) is 14.5. The van der Waals surface area contributed by atoms with E-state index in [1.54, 1.807) is 0 Å². The van der Waals surface area contributed by atoms with Crippen molar-refractivity contribution in [1.82, 2.24) is 5.32 Å². The molecular formula is C16H26N2O. The molecule has 0 aliphatic rings. The number of amides is 1. The van der Waals surface area contributed by atoms with E-state index in [9.17, 15) is 4.79 Å². The summed E-state index contributed by atoms with van der Waals surface area (Å²) in [6.45, 7) is 9.45. The molecule has 0 unspecified atom stereocenters. The number of hydrogen-bond donors (Lipinski definition) is 2. The van der Waals surface area contributed by atoms with E-state index in [-0.39, 0.29) is 11.3 Å². The van der Waals surface area contributed by atoms with Crippen LogP contribution in [0.1, 0.15) is 39.7 Å². The first-order valence-electron chi connectivity index (χ1n) is 6.92. The van der Waals surface area contributed by atoms with Gasteiger partial charge in [0.15, 0.2) is 0 Å². The van der Waals surface area contributed by atoms with Crippen molar-refractivity contribution in [2.75, 3.05) is 12.3 Å². The van der Waals surface area contributed by atoms with Crippen molar-refractivity contribution in [3.05, 3.63) is 29.8 Å². The molecule has 0 heterocycles. The van der Waals surface area contributed by atoms with Crippen LogP contribution in [0.25, 0.3) is 0 Å². The summed E-state index contributed by atoms with van der Waals surface area (Å²) >= 11 is 0. The summed E-state index contributed by atoms with van der Waals surface area (Å²) in [5, 5.41) is 3.02. The number of carbonyl (C=O) groups is 1. The van der Waals surface area contributed by atoms with E-state index in [1.165, 1.54) is 0 Å². The number of benzene rings is 1. The molecule has 0 radical (unpaired) electrons. The van der Waals surface area contributed by atoms with Gasteiger partial charge >= 0.3 is 0 Å². The maximum Gasteiger partial charge on any atom is 0.220 e. The van der Waals surface area contributed by atoms with E-state index >= 15 is 0 Å². The zero-order valence-electron chi connectivity index (χ0n) is 12.5. The van der Waals surface area contributed by atoms with Gasteiger partial charge in [0.05, 0.1) is 0 Å². The average molecular weight is 262 g/mol. The fourth-order valence-electron chi connectivity index (χ4n) is 1.56. The lowest BCUT2D eigenvalue weighted by Gasteiger charge is -2.29. The third kappa shape index (κ3) is 5.33. The van der Waals surface area contributed by atoms with E-state index in [1.807, 2.05) is 24.3 Å². The third-order valence-corrected chi connectivity index (χ3v) is 3.92. The molecule has 1 aromatic rings. The monoisotopic (exact) mass is 262 g/mol. The summed E-state index contributed by atoms with van der Waals surface area (Å²) in [4.78, 5) is 11.8. The van der Waals surface area contributed by atoms with Crippen molar-refractivity contribution < 1.29 is 4.79 Å². The van der Waals surface area contributed by atoms with Gasteiger partial charge in [-0.15, -0.1) is 0 Å². The van der Waals surface area contributed by atoms with Gasteiger partial charge in [-0.25, -0.2) is 0 Å². The maximum atomic E-state index is 11.8. The van der Waals surface area contributed by atoms with Gasteiger partial charge in [0, 0.05) is 18.7 Å². The van der Waals surface area contributed by atoms with Crippen molar-refractivity contribution in [3.8, 4) is 0 Å². The van der Waals surface area contributed by atoms with Gasteiger partial charge in [0.1, 0.15) is 0 Å². The highest BCUT2D eigenvalue weighted by atomic mass is 16.1. The SMILES string of the molecule is CC(C)C(C)(C)CNC(=O)CCc1ccc(N)cc1. The van der Waals surface area contributed by atoms with E-state index in [0.29, 0.717) is 12.3 Å². The smallest absolute Gasteiger partial charge is 0.220 e. The number of aryl methyl sites for hydroxylation is 1. The van der Waals surface area contributed by atoms with E-state index in [2.05, 4.69) is 33.0 Å². The summed E-state index contributed by atoms with van der Waals surface area (Å²) in [5.74, 6) is 0.662. The van der Waals surface area contributed by atoms with Crippen LogP contribution >= 0.6 is 0 Å². The first-order chi connectivity index (χ1) is 8.81. The number of hydrogen-bond acceptors (Lipinski definition) is 2. The minimum atomic E-state index is 0.116. The van der Waals surface area contributed by atoms with Gasteiger partial charge in [-0.3, -0.25) is 4.79 Å². The van der Waals surface area contributed by atoms with Crippen molar-refractivity contribution >= 4 is 11.6 Å². The zero-order valence-corrected chi connectivity index (χ0v) is 12.5. The van der Waals surface area contributed by atoms with Gasteiger partial charge in [0.2, 0.25) is 5.91 Å². The molecule has 1 rings (SSSR count). The molecule has 3 nitrogen and oxygen atoms in total. The molecular weight excluding hydrogens is 236 g/mol. The van der Waals surface area contributed by atoms with Crippen LogP contribution in [0.15, 0.2) is 24.3 Å². The molecule has 0 aliphatic carbocycles. The Hall–Kier alpha value is -1.51. The molecule has 3 heteroatoms. The number of nitrogens with one attached hydrogen (secondary N) is 1. The first kappa shape index (κ1) is 15.5. The fourth-order valence-corrected chi connectivity index (χ4v) is 1.56. The predicted octanol–water partition coefficient (Wildman–Crippen LogP) is 3.00. The van der Waals surface area contributed by atoms with Crippen LogP contribution in [0.3, 0.4) is 0 Å². The Morgan fingerprint density at radius 3 is 2.37 bits per heavy atom. The fraction of sp³-hybridized carbons (Fsp3) is 0.562. The Morgan fingerprint density at radius 2 is 1.84 bits per heavy atom. The lowest BCUT2D eigenvalue weighted by molar-refractivity contribution is -0.121. The quantitative estimate of drug-likeness (QED) is 0.774. The van der Waals surface area contributed by atoms with Gasteiger partial charge in [-0.2, -0.15) is 0 Å². The number of nitrogen functional groups attached to an aromatic ring is 1. The predicted molar refractivity (Wildman–Crippen MR) is 80.8 cm³/mol. The van der Waals surface area contributed by atoms with E-state index in [0.717, 1.165) is 24.2 Å². The Labute approximate surface area is 116 Å². The third-order valence-electron chi connectivity index (χ3n) is 3.92. The molecule has 106 valence electrons. The molecule has 0 aliphatic heterocycles.